The van der Waals surface area contributed by atoms with Gasteiger partial charge in [-0.05, 0) is 29.6 Å². The first-order chi connectivity index (χ1) is 15.8. The standard InChI is InChI=1S/C22H18ClN6O3P/c1-29-10-11(8-16(21(29)31)26-19(30)12-4-2-3-5-17(12)33)20-28-22(32-20)27-15-7-6-14(25)13(9-24)18(15)23/h2-10H,33H2,1H3,(H4,24,25,26,30)/p+1. The first kappa shape index (κ1) is 22.3. The molecule has 1 amide bonds. The van der Waals surface area contributed by atoms with Gasteiger partial charge in [0.1, 0.15) is 11.4 Å². The Hall–Kier alpha value is -3.90. The van der Waals surface area contributed by atoms with Crippen molar-refractivity contribution in [3.63, 3.8) is 0 Å². The van der Waals surface area contributed by atoms with Gasteiger partial charge in [-0.25, -0.2) is 0 Å². The molecule has 0 bridgehead atoms. The van der Waals surface area contributed by atoms with E-state index in [-0.39, 0.29) is 28.2 Å². The van der Waals surface area contributed by atoms with Crippen molar-refractivity contribution in [2.75, 3.05) is 16.4 Å². The van der Waals surface area contributed by atoms with Crippen LogP contribution in [0.2, 0.25) is 5.02 Å². The number of carbonyl (C=O) groups is 1. The van der Waals surface area contributed by atoms with Crippen molar-refractivity contribution < 1.29 is 9.53 Å². The Morgan fingerprint density at radius 2 is 2.00 bits per heavy atom. The minimum absolute atomic E-state index is 0.0955. The molecule has 1 aliphatic heterocycles. The molecule has 1 unspecified atom stereocenters. The highest BCUT2D eigenvalue weighted by Gasteiger charge is 2.32. The molecule has 11 heteroatoms. The van der Waals surface area contributed by atoms with Gasteiger partial charge in [0.05, 0.1) is 10.6 Å². The third-order valence-corrected chi connectivity index (χ3v) is 5.79. The van der Waals surface area contributed by atoms with E-state index in [9.17, 15) is 9.59 Å². The Kier molecular flexibility index (Phi) is 6.03. The molecule has 0 aliphatic carbocycles. The van der Waals surface area contributed by atoms with Crippen LogP contribution in [-0.2, 0) is 11.8 Å². The van der Waals surface area contributed by atoms with E-state index >= 15 is 0 Å². The first-order valence-corrected chi connectivity index (χ1v) is 10.6. The number of aryl methyl sites for hydroxylation is 1. The quantitative estimate of drug-likeness (QED) is 0.190. The summed E-state index contributed by atoms with van der Waals surface area (Å²) in [7, 11) is 4.06. The molecular weight excluding hydrogens is 463 g/mol. The lowest BCUT2D eigenvalue weighted by Crippen LogP contribution is -2.36. The lowest BCUT2D eigenvalue weighted by Gasteiger charge is -2.12. The maximum atomic E-state index is 12.6. The SMILES string of the molecule is Cn1cc(C2=[N+]=C(Nc3ccc(N)c(C=N)c3Cl)O2)cc(NC(=O)c2ccccc2P)c1=O. The summed E-state index contributed by atoms with van der Waals surface area (Å²) in [6.07, 6.45) is 2.63. The zero-order valence-corrected chi connectivity index (χ0v) is 19.3. The number of nitrogens with one attached hydrogen (secondary N) is 3. The second kappa shape index (κ2) is 8.92. The molecule has 2 aromatic carbocycles. The maximum Gasteiger partial charge on any atom is 0.565 e. The molecule has 4 rings (SSSR count). The maximum absolute atomic E-state index is 12.6. The van der Waals surface area contributed by atoms with Gasteiger partial charge < -0.3 is 25.8 Å². The van der Waals surface area contributed by atoms with Crippen LogP contribution in [0.1, 0.15) is 21.5 Å². The Balaban J connectivity index is 1.61. The smallest absolute Gasteiger partial charge is 0.398 e. The monoisotopic (exact) mass is 481 g/mol. The van der Waals surface area contributed by atoms with Crippen LogP contribution in [0.3, 0.4) is 0 Å². The van der Waals surface area contributed by atoms with Crippen molar-refractivity contribution >= 4 is 67.2 Å². The van der Waals surface area contributed by atoms with E-state index in [0.717, 1.165) is 6.21 Å². The summed E-state index contributed by atoms with van der Waals surface area (Å²) >= 11 is 6.27. The van der Waals surface area contributed by atoms with Gasteiger partial charge in [0.15, 0.2) is 0 Å². The molecule has 1 aliphatic rings. The molecule has 166 valence electrons. The lowest BCUT2D eigenvalue weighted by atomic mass is 10.1. The molecule has 3 aromatic rings. The number of anilines is 3. The molecule has 33 heavy (non-hydrogen) atoms. The number of nitrogens with two attached hydrogens (primary N) is 1. The average molecular weight is 482 g/mol. The fourth-order valence-electron chi connectivity index (χ4n) is 3.15. The molecule has 5 N–H and O–H groups in total. The summed E-state index contributed by atoms with van der Waals surface area (Å²) in [5.74, 6) is -0.144. The molecule has 9 nitrogen and oxygen atoms in total. The molecule has 0 radical (unpaired) electrons. The van der Waals surface area contributed by atoms with Gasteiger partial charge in [-0.2, -0.15) is 5.32 Å². The van der Waals surface area contributed by atoms with Crippen LogP contribution in [-0.4, -0.2) is 28.6 Å². The fraction of sp³-hybridized carbons (Fsp3) is 0.0455. The van der Waals surface area contributed by atoms with Crippen molar-refractivity contribution in [3.05, 3.63) is 80.7 Å². The molecule has 0 spiro atoms. The number of amidine groups is 1. The van der Waals surface area contributed by atoms with E-state index in [1.54, 1.807) is 43.6 Å². The highest BCUT2D eigenvalue weighted by atomic mass is 35.5. The van der Waals surface area contributed by atoms with Gasteiger partial charge in [-0.3, -0.25) is 9.59 Å². The molecule has 1 atom stereocenters. The molecule has 0 saturated heterocycles. The molecule has 0 saturated carbocycles. The van der Waals surface area contributed by atoms with E-state index in [1.165, 1.54) is 10.6 Å². The van der Waals surface area contributed by atoms with E-state index < -0.39 is 5.91 Å². The highest BCUT2D eigenvalue weighted by molar-refractivity contribution is 7.27. The number of amides is 1. The van der Waals surface area contributed by atoms with Crippen LogP contribution in [0.4, 0.5) is 17.1 Å². The van der Waals surface area contributed by atoms with Crippen molar-refractivity contribution in [2.45, 2.75) is 0 Å². The Bertz CT molecular complexity index is 1440. The molecule has 1 aromatic heterocycles. The minimum atomic E-state index is -0.403. The summed E-state index contributed by atoms with van der Waals surface area (Å²) < 4.78 is 11.2. The Labute approximate surface area is 195 Å². The van der Waals surface area contributed by atoms with Crippen molar-refractivity contribution in [2.24, 2.45) is 7.05 Å². The number of pyridine rings is 1. The largest absolute Gasteiger partial charge is 0.565 e. The average Bonchev–Trinajstić information content (AvgIpc) is 2.75. The summed E-state index contributed by atoms with van der Waals surface area (Å²) in [5.41, 5.74) is 7.72. The summed E-state index contributed by atoms with van der Waals surface area (Å²) in [6.45, 7) is 0. The predicted octanol–water partition coefficient (Wildman–Crippen LogP) is 1.68. The van der Waals surface area contributed by atoms with Gasteiger partial charge in [0, 0.05) is 36.3 Å². The highest BCUT2D eigenvalue weighted by Crippen LogP contribution is 2.29. The van der Waals surface area contributed by atoms with Crippen molar-refractivity contribution in [1.82, 2.24) is 9.24 Å². The van der Waals surface area contributed by atoms with Crippen LogP contribution in [0, 0.1) is 5.41 Å². The zero-order valence-electron chi connectivity index (χ0n) is 17.3. The van der Waals surface area contributed by atoms with Crippen molar-refractivity contribution in [3.8, 4) is 0 Å². The summed E-state index contributed by atoms with van der Waals surface area (Å²) in [5, 5.41) is 14.0. The van der Waals surface area contributed by atoms with Crippen LogP contribution in [0.15, 0.2) is 53.5 Å². The van der Waals surface area contributed by atoms with Gasteiger partial charge in [0.25, 0.3) is 11.5 Å². The predicted molar refractivity (Wildman–Crippen MR) is 135 cm³/mol. The van der Waals surface area contributed by atoms with Crippen LogP contribution in [0.5, 0.6) is 0 Å². The lowest BCUT2D eigenvalue weighted by molar-refractivity contribution is 0.102. The molecular formula is C22H19ClN6O3P+. The van der Waals surface area contributed by atoms with Gasteiger partial charge in [-0.15, -0.1) is 13.9 Å². The third-order valence-electron chi connectivity index (χ3n) is 4.88. The van der Waals surface area contributed by atoms with Crippen LogP contribution >= 0.6 is 20.8 Å². The molecule has 0 fully saturated rings. The Morgan fingerprint density at radius 1 is 1.27 bits per heavy atom. The van der Waals surface area contributed by atoms with Gasteiger partial charge in [0.2, 0.25) is 0 Å². The number of ether oxygens (including phenoxy) is 1. The Morgan fingerprint density at radius 3 is 2.70 bits per heavy atom. The topological polar surface area (TPSA) is 136 Å². The fourth-order valence-corrected chi connectivity index (χ4v) is 3.76. The number of halogens is 1. The van der Waals surface area contributed by atoms with Crippen molar-refractivity contribution in [1.29, 1.82) is 5.41 Å². The number of nitrogens with zero attached hydrogens (tertiary/aromatic N) is 2. The number of hydrogen-bond donors (Lipinski definition) is 4. The second-order valence-electron chi connectivity index (χ2n) is 7.12. The van der Waals surface area contributed by atoms with Crippen LogP contribution in [0.25, 0.3) is 0 Å². The van der Waals surface area contributed by atoms with E-state index in [4.69, 9.17) is 27.5 Å². The van der Waals surface area contributed by atoms with E-state index in [2.05, 4.69) is 24.5 Å². The van der Waals surface area contributed by atoms with Crippen LogP contribution < -0.4 is 31.9 Å². The normalized spacial score (nSPS) is 12.1. The van der Waals surface area contributed by atoms with E-state index in [0.29, 0.717) is 33.4 Å². The molecule has 2 heterocycles. The minimum Gasteiger partial charge on any atom is -0.398 e. The number of hydrogen-bond acceptors (Lipinski definition) is 6. The zero-order chi connectivity index (χ0) is 23.7. The van der Waals surface area contributed by atoms with E-state index in [1.807, 2.05) is 6.07 Å². The number of nitrogen functional groups attached to an aromatic ring is 1. The number of rotatable bonds is 5. The summed E-state index contributed by atoms with van der Waals surface area (Å²) in [4.78, 5) is 25.2. The third kappa shape index (κ3) is 4.38. The summed E-state index contributed by atoms with van der Waals surface area (Å²) in [6, 6.07) is 12.0. The number of benzene rings is 2. The number of carbonyl (C=O) groups excluding carboxylic acids is 1. The number of aromatic nitrogens is 1. The second-order valence-corrected chi connectivity index (χ2v) is 8.12. The first-order valence-electron chi connectivity index (χ1n) is 9.64. The van der Waals surface area contributed by atoms with Gasteiger partial charge >= 0.3 is 11.9 Å². The van der Waals surface area contributed by atoms with Gasteiger partial charge in [-0.1, -0.05) is 29.8 Å².